The zero-order valence-corrected chi connectivity index (χ0v) is 12.3. The summed E-state index contributed by atoms with van der Waals surface area (Å²) in [7, 11) is 0. The van der Waals surface area contributed by atoms with E-state index in [4.69, 9.17) is 0 Å². The van der Waals surface area contributed by atoms with Crippen molar-refractivity contribution in [2.24, 2.45) is 0 Å². The lowest BCUT2D eigenvalue weighted by atomic mass is 9.99. The van der Waals surface area contributed by atoms with Crippen molar-refractivity contribution in [3.05, 3.63) is 33.8 Å². The lowest BCUT2D eigenvalue weighted by molar-refractivity contribution is -0.143. The Morgan fingerprint density at radius 3 is 2.74 bits per heavy atom. The van der Waals surface area contributed by atoms with Crippen molar-refractivity contribution in [3.63, 3.8) is 0 Å². The number of hydrogen-bond acceptors (Lipinski definition) is 2. The van der Waals surface area contributed by atoms with Gasteiger partial charge in [-0.3, -0.25) is 4.79 Å². The molecule has 0 unspecified atom stereocenters. The van der Waals surface area contributed by atoms with Crippen LogP contribution in [0.5, 0.6) is 0 Å². The fourth-order valence-corrected chi connectivity index (χ4v) is 2.93. The van der Waals surface area contributed by atoms with Crippen LogP contribution in [0.1, 0.15) is 35.2 Å². The van der Waals surface area contributed by atoms with Gasteiger partial charge in [-0.05, 0) is 49.9 Å². The van der Waals surface area contributed by atoms with Crippen molar-refractivity contribution in [1.82, 2.24) is 4.90 Å². The van der Waals surface area contributed by atoms with Gasteiger partial charge in [0.2, 0.25) is 0 Å². The van der Waals surface area contributed by atoms with E-state index >= 15 is 0 Å². The zero-order chi connectivity index (χ0) is 14.0. The first kappa shape index (κ1) is 14.1. The van der Waals surface area contributed by atoms with Gasteiger partial charge in [0.05, 0.1) is 0 Å². The number of likely N-dealkylation sites (tertiary alicyclic amines) is 1. The maximum absolute atomic E-state index is 12.5. The standard InChI is InChI=1S/C14H16BrNO3/c1-9-8-10(15)5-6-11(9)13(17)16-7-3-2-4-12(16)14(18)19/h5-6,8,12H,2-4,7H2,1H3,(H,18,19)/t12-/m0/s1. The summed E-state index contributed by atoms with van der Waals surface area (Å²) >= 11 is 3.36. The smallest absolute Gasteiger partial charge is 0.326 e. The number of benzene rings is 1. The number of carboxylic acids is 1. The zero-order valence-electron chi connectivity index (χ0n) is 10.7. The number of carbonyl (C=O) groups is 2. The van der Waals surface area contributed by atoms with Crippen molar-refractivity contribution in [2.45, 2.75) is 32.2 Å². The highest BCUT2D eigenvalue weighted by molar-refractivity contribution is 9.10. The Kier molecular flexibility index (Phi) is 4.24. The van der Waals surface area contributed by atoms with Crippen LogP contribution >= 0.6 is 15.9 Å². The SMILES string of the molecule is Cc1cc(Br)ccc1C(=O)N1CCCC[C@H]1C(=O)O. The fourth-order valence-electron chi connectivity index (χ4n) is 2.45. The molecule has 0 saturated carbocycles. The Bertz CT molecular complexity index is 515. The van der Waals surface area contributed by atoms with Crippen LogP contribution < -0.4 is 0 Å². The Balaban J connectivity index is 2.28. The number of aryl methyl sites for hydroxylation is 1. The second-order valence-corrected chi connectivity index (χ2v) is 5.72. The number of carbonyl (C=O) groups excluding carboxylic acids is 1. The van der Waals surface area contributed by atoms with E-state index in [-0.39, 0.29) is 5.91 Å². The average Bonchev–Trinajstić information content (AvgIpc) is 2.38. The number of rotatable bonds is 2. The minimum atomic E-state index is -0.914. The normalized spacial score (nSPS) is 19.3. The molecule has 102 valence electrons. The molecule has 1 fully saturated rings. The fraction of sp³-hybridized carbons (Fsp3) is 0.429. The van der Waals surface area contributed by atoms with Crippen molar-refractivity contribution >= 4 is 27.8 Å². The minimum Gasteiger partial charge on any atom is -0.480 e. The molecule has 5 heteroatoms. The molecule has 2 rings (SSSR count). The molecule has 0 aromatic heterocycles. The minimum absolute atomic E-state index is 0.183. The molecule has 1 saturated heterocycles. The Morgan fingerprint density at radius 1 is 1.37 bits per heavy atom. The van der Waals surface area contributed by atoms with Gasteiger partial charge >= 0.3 is 5.97 Å². The molecule has 1 atom stereocenters. The highest BCUT2D eigenvalue weighted by Gasteiger charge is 2.32. The summed E-state index contributed by atoms with van der Waals surface area (Å²) in [4.78, 5) is 25.2. The van der Waals surface area contributed by atoms with E-state index in [1.165, 1.54) is 4.90 Å². The second kappa shape index (κ2) is 5.74. The van der Waals surface area contributed by atoms with Crippen LogP contribution in [0, 0.1) is 6.92 Å². The maximum Gasteiger partial charge on any atom is 0.326 e. The predicted octanol–water partition coefficient (Wildman–Crippen LogP) is 2.84. The van der Waals surface area contributed by atoms with Gasteiger partial charge in [-0.15, -0.1) is 0 Å². The van der Waals surface area contributed by atoms with Gasteiger partial charge in [0, 0.05) is 16.6 Å². The molecule has 1 aromatic carbocycles. The van der Waals surface area contributed by atoms with E-state index in [0.29, 0.717) is 18.5 Å². The summed E-state index contributed by atoms with van der Waals surface area (Å²) in [6, 6.07) is 4.73. The van der Waals surface area contributed by atoms with E-state index < -0.39 is 12.0 Å². The Hall–Kier alpha value is -1.36. The lowest BCUT2D eigenvalue weighted by Gasteiger charge is -2.33. The topological polar surface area (TPSA) is 57.6 Å². The lowest BCUT2D eigenvalue weighted by Crippen LogP contribution is -2.48. The second-order valence-electron chi connectivity index (χ2n) is 4.81. The number of amides is 1. The summed E-state index contributed by atoms with van der Waals surface area (Å²) < 4.78 is 0.912. The van der Waals surface area contributed by atoms with Crippen molar-refractivity contribution < 1.29 is 14.7 Å². The van der Waals surface area contributed by atoms with Crippen molar-refractivity contribution in [1.29, 1.82) is 0 Å². The molecule has 0 bridgehead atoms. The predicted molar refractivity (Wildman–Crippen MR) is 75.2 cm³/mol. The van der Waals surface area contributed by atoms with Gasteiger partial charge in [0.1, 0.15) is 6.04 Å². The van der Waals surface area contributed by atoms with Gasteiger partial charge in [0.25, 0.3) is 5.91 Å². The van der Waals surface area contributed by atoms with Crippen molar-refractivity contribution in [2.75, 3.05) is 6.54 Å². The molecule has 1 amide bonds. The first-order valence-corrected chi connectivity index (χ1v) is 7.10. The molecule has 1 heterocycles. The third-order valence-electron chi connectivity index (χ3n) is 3.47. The van der Waals surface area contributed by atoms with Crippen LogP contribution in [-0.2, 0) is 4.79 Å². The van der Waals surface area contributed by atoms with Crippen LogP contribution in [0.25, 0.3) is 0 Å². The molecule has 1 N–H and O–H groups in total. The summed E-state index contributed by atoms with van der Waals surface area (Å²) in [5, 5.41) is 9.22. The molecule has 4 nitrogen and oxygen atoms in total. The number of halogens is 1. The Labute approximate surface area is 120 Å². The highest BCUT2D eigenvalue weighted by atomic mass is 79.9. The average molecular weight is 326 g/mol. The third-order valence-corrected chi connectivity index (χ3v) is 3.96. The van der Waals surface area contributed by atoms with E-state index in [1.54, 1.807) is 12.1 Å². The Morgan fingerprint density at radius 2 is 2.11 bits per heavy atom. The number of carboxylic acid groups (broad SMARTS) is 1. The number of hydrogen-bond donors (Lipinski definition) is 1. The maximum atomic E-state index is 12.5. The van der Waals surface area contributed by atoms with Gasteiger partial charge in [-0.25, -0.2) is 4.79 Å². The monoisotopic (exact) mass is 325 g/mol. The van der Waals surface area contributed by atoms with E-state index in [2.05, 4.69) is 15.9 Å². The summed E-state index contributed by atoms with van der Waals surface area (Å²) in [6.07, 6.45) is 2.27. The first-order valence-electron chi connectivity index (χ1n) is 6.30. The largest absolute Gasteiger partial charge is 0.480 e. The summed E-state index contributed by atoms with van der Waals surface area (Å²) in [5.41, 5.74) is 1.44. The van der Waals surface area contributed by atoms with Gasteiger partial charge < -0.3 is 10.0 Å². The third kappa shape index (κ3) is 2.97. The van der Waals surface area contributed by atoms with E-state index in [1.807, 2.05) is 13.0 Å². The van der Waals surface area contributed by atoms with Crippen LogP contribution in [0.15, 0.2) is 22.7 Å². The molecule has 0 aliphatic carbocycles. The number of nitrogens with zero attached hydrogens (tertiary/aromatic N) is 1. The first-order chi connectivity index (χ1) is 9.00. The number of piperidine rings is 1. The van der Waals surface area contributed by atoms with Gasteiger partial charge in [0.15, 0.2) is 0 Å². The molecule has 0 radical (unpaired) electrons. The molecular formula is C14H16BrNO3. The molecule has 1 aromatic rings. The van der Waals surface area contributed by atoms with Crippen molar-refractivity contribution in [3.8, 4) is 0 Å². The summed E-state index contributed by atoms with van der Waals surface area (Å²) in [6.45, 7) is 2.38. The van der Waals surface area contributed by atoms with Gasteiger partial charge in [-0.1, -0.05) is 15.9 Å². The van der Waals surface area contributed by atoms with Gasteiger partial charge in [-0.2, -0.15) is 0 Å². The molecule has 1 aliphatic heterocycles. The molecule has 19 heavy (non-hydrogen) atoms. The summed E-state index contributed by atoms with van der Waals surface area (Å²) in [5.74, 6) is -1.10. The molecule has 1 aliphatic rings. The molecular weight excluding hydrogens is 310 g/mol. The highest BCUT2D eigenvalue weighted by Crippen LogP contribution is 2.23. The van der Waals surface area contributed by atoms with Crippen LogP contribution in [0.3, 0.4) is 0 Å². The number of aliphatic carboxylic acids is 1. The quantitative estimate of drug-likeness (QED) is 0.909. The van der Waals surface area contributed by atoms with E-state index in [0.717, 1.165) is 22.9 Å². The molecule has 0 spiro atoms. The van der Waals surface area contributed by atoms with Crippen LogP contribution in [0.2, 0.25) is 0 Å². The van der Waals surface area contributed by atoms with E-state index in [9.17, 15) is 14.7 Å². The van der Waals surface area contributed by atoms with Crippen LogP contribution in [-0.4, -0.2) is 34.5 Å². The van der Waals surface area contributed by atoms with Crippen LogP contribution in [0.4, 0.5) is 0 Å².